The number of hydrogen-bond acceptors (Lipinski definition) is 22. The quantitative estimate of drug-likeness (QED) is 0.0165. The normalized spacial score (nSPS) is 16.4. The number of aliphatic hydroxyl groups is 6. The van der Waals surface area contributed by atoms with E-state index in [1.54, 1.807) is 98.8 Å². The van der Waals surface area contributed by atoms with Crippen LogP contribution in [0.4, 0.5) is 0 Å². The van der Waals surface area contributed by atoms with Crippen LogP contribution in [0.2, 0.25) is 0 Å². The molecule has 2 heterocycles. The summed E-state index contributed by atoms with van der Waals surface area (Å²) >= 11 is 0. The van der Waals surface area contributed by atoms with Gasteiger partial charge in [0.1, 0.15) is 37.6 Å². The lowest BCUT2D eigenvalue weighted by molar-refractivity contribution is -0.138. The Morgan fingerprint density at radius 3 is 1.17 bits per heavy atom. The summed E-state index contributed by atoms with van der Waals surface area (Å²) in [4.78, 5) is 24.4. The van der Waals surface area contributed by atoms with Crippen LogP contribution < -0.4 is 56.8 Å². The van der Waals surface area contributed by atoms with Crippen LogP contribution in [0.25, 0.3) is 23.3 Å². The molecule has 2 aliphatic heterocycles. The number of benzene rings is 8. The average Bonchev–Trinajstić information content (AvgIpc) is 1.21. The second-order valence-electron chi connectivity index (χ2n) is 23.2. The van der Waals surface area contributed by atoms with E-state index in [9.17, 15) is 40.2 Å². The highest BCUT2D eigenvalue weighted by Gasteiger charge is 2.41. The van der Waals surface area contributed by atoms with Gasteiger partial charge in [-0.25, -0.2) is 9.59 Å². The smallest absolute Gasteiger partial charge is 0.330 e. The van der Waals surface area contributed by atoms with Crippen LogP contribution in [0.5, 0.6) is 69.0 Å². The summed E-state index contributed by atoms with van der Waals surface area (Å²) in [6.45, 7) is 1.87. The minimum absolute atomic E-state index is 0.0385. The van der Waals surface area contributed by atoms with Crippen LogP contribution in [0.3, 0.4) is 0 Å². The molecule has 526 valence electrons. The van der Waals surface area contributed by atoms with Crippen molar-refractivity contribution >= 4 is 24.1 Å². The van der Waals surface area contributed by atoms with E-state index in [2.05, 4.69) is 0 Å². The van der Waals surface area contributed by atoms with Crippen molar-refractivity contribution in [1.82, 2.24) is 0 Å². The monoisotopic (exact) mass is 1370 g/mol. The number of esters is 2. The van der Waals surface area contributed by atoms with E-state index >= 15 is 0 Å². The van der Waals surface area contributed by atoms with E-state index in [1.807, 2.05) is 72.8 Å². The molecule has 0 saturated carbocycles. The predicted molar refractivity (Wildman–Crippen MR) is 369 cm³/mol. The lowest BCUT2D eigenvalue weighted by Crippen LogP contribution is -2.29. The Labute approximate surface area is 579 Å². The van der Waals surface area contributed by atoms with Gasteiger partial charge >= 0.3 is 11.9 Å². The molecule has 6 N–H and O–H groups in total. The van der Waals surface area contributed by atoms with Crippen LogP contribution in [-0.2, 0) is 32.3 Å². The first-order valence-electron chi connectivity index (χ1n) is 32.4. The maximum Gasteiger partial charge on any atom is 0.330 e. The van der Waals surface area contributed by atoms with E-state index in [0.717, 1.165) is 11.1 Å². The second kappa shape index (κ2) is 33.9. The fourth-order valence-electron chi connectivity index (χ4n) is 12.2. The Morgan fingerprint density at radius 1 is 0.450 bits per heavy atom. The Balaban J connectivity index is 0.993. The Bertz CT molecular complexity index is 3910. The summed E-state index contributed by atoms with van der Waals surface area (Å²) in [6, 6.07) is 42.3. The Morgan fingerprint density at radius 2 is 0.830 bits per heavy atom. The largest absolute Gasteiger partial charge is 0.493 e. The highest BCUT2D eigenvalue weighted by molar-refractivity contribution is 5.88. The summed E-state index contributed by atoms with van der Waals surface area (Å²) in [6.07, 6.45) is -1.64. The van der Waals surface area contributed by atoms with Crippen LogP contribution in [-0.4, -0.2) is 137 Å². The highest BCUT2D eigenvalue weighted by Crippen LogP contribution is 2.55. The third-order valence-electron chi connectivity index (χ3n) is 17.1. The van der Waals surface area contributed by atoms with Gasteiger partial charge in [-0.1, -0.05) is 72.8 Å². The number of carbonyl (C=O) groups is 2. The van der Waals surface area contributed by atoms with Gasteiger partial charge in [-0.05, 0) is 143 Å². The van der Waals surface area contributed by atoms with Gasteiger partial charge in [0.05, 0.1) is 94.1 Å². The predicted octanol–water partition coefficient (Wildman–Crippen LogP) is 11.1. The first kappa shape index (κ1) is 72.3. The molecule has 0 amide bonds. The second-order valence-corrected chi connectivity index (χ2v) is 23.2. The SMILES string of the molecule is CCOC(=O)/C=C/c1cc(OC)c2c(c1)C(CO)C(c1ccc(OC(CO)C(O)c3cc(OC)c(OCc4ccccc4)c(-c4cc(C(O)C(CO)Oc5ccc(C6Oc7c(OC)cc(/C=C/C(=O)OCC)cc7C6CO)cc5OC)cc(OC)c4OCc4ccccc4)c3)c(OC)c1)O2. The molecule has 100 heavy (non-hydrogen) atoms. The van der Waals surface area contributed by atoms with Crippen LogP contribution in [0.15, 0.2) is 158 Å². The number of carbonyl (C=O) groups excluding carboxylic acids is 2. The zero-order valence-corrected chi connectivity index (χ0v) is 56.7. The minimum Gasteiger partial charge on any atom is -0.493 e. The summed E-state index contributed by atoms with van der Waals surface area (Å²) in [7, 11) is 8.74. The first-order chi connectivity index (χ1) is 48.7. The van der Waals surface area contributed by atoms with Gasteiger partial charge in [-0.15, -0.1) is 0 Å². The minimum atomic E-state index is -1.61. The maximum atomic E-state index is 12.6. The van der Waals surface area contributed by atoms with Crippen LogP contribution >= 0.6 is 0 Å². The van der Waals surface area contributed by atoms with Gasteiger partial charge in [0.2, 0.25) is 0 Å². The molecular formula is C78H82O22. The lowest BCUT2D eigenvalue weighted by Gasteiger charge is -2.27. The van der Waals surface area contributed by atoms with Crippen molar-refractivity contribution in [3.63, 3.8) is 0 Å². The molecule has 0 aliphatic carbocycles. The molecule has 8 unspecified atom stereocenters. The fraction of sp³-hybridized carbons (Fsp3) is 0.308. The third kappa shape index (κ3) is 16.1. The average molecular weight is 1370 g/mol. The summed E-state index contributed by atoms with van der Waals surface area (Å²) in [5.41, 5.74) is 6.21. The number of methoxy groups -OCH3 is 6. The molecule has 2 aliphatic rings. The van der Waals surface area contributed by atoms with Crippen molar-refractivity contribution in [3.8, 4) is 80.1 Å². The molecule has 0 fully saturated rings. The summed E-state index contributed by atoms with van der Waals surface area (Å²) < 4.78 is 85.0. The molecular weight excluding hydrogens is 1290 g/mol. The number of fused-ring (bicyclic) bond motifs is 2. The summed E-state index contributed by atoms with van der Waals surface area (Å²) in [5.74, 6) is 0.743. The van der Waals surface area contributed by atoms with E-state index in [1.165, 1.54) is 54.8 Å². The number of aliphatic hydroxyl groups excluding tert-OH is 6. The van der Waals surface area contributed by atoms with Gasteiger partial charge in [0.25, 0.3) is 0 Å². The molecule has 0 bridgehead atoms. The zero-order chi connectivity index (χ0) is 71.0. The molecule has 10 rings (SSSR count). The van der Waals surface area contributed by atoms with Gasteiger partial charge in [0, 0.05) is 34.4 Å². The Kier molecular flexibility index (Phi) is 24.5. The standard InChI is InChI=1S/C78H82O22/c1-9-93-69(83)27-21-47-29-53-57(39-79)73(99-77(53)63(31-47)89-5)49-23-25-59(61(35-49)87-3)97-67(41-81)71(85)51-33-55(75(65(37-51)91-7)95-43-45-17-13-11-14-18-45)56-34-52(38-66(92-8)76(56)96-44-46-19-15-12-16-20-46)72(86)68(42-82)98-60-26-24-50(36-62(60)88-4)74-58(40-80)54-30-48(22-28-70(84)94-10-2)32-64(90-6)78(54)100-74/h11-38,57-58,67-68,71-74,79-82,85-86H,9-10,39-44H2,1-8H3/b27-21+,28-22+. The fourth-order valence-corrected chi connectivity index (χ4v) is 12.2. The van der Waals surface area contributed by atoms with Gasteiger partial charge in [-0.3, -0.25) is 0 Å². The van der Waals surface area contributed by atoms with Gasteiger partial charge < -0.3 is 97.0 Å². The molecule has 0 aromatic heterocycles. The molecule has 8 aromatic rings. The lowest BCUT2D eigenvalue weighted by atomic mass is 9.90. The van der Waals surface area contributed by atoms with Crippen molar-refractivity contribution in [2.75, 3.05) is 82.3 Å². The Hall–Kier alpha value is -10.5. The third-order valence-corrected chi connectivity index (χ3v) is 17.1. The number of ether oxygens (including phenoxy) is 14. The molecule has 0 spiro atoms. The zero-order valence-electron chi connectivity index (χ0n) is 56.7. The molecule has 8 aromatic carbocycles. The topological polar surface area (TPSA) is 285 Å². The van der Waals surface area contributed by atoms with E-state index in [4.69, 9.17) is 66.3 Å². The maximum absolute atomic E-state index is 12.6. The highest BCUT2D eigenvalue weighted by atomic mass is 16.6. The van der Waals surface area contributed by atoms with Crippen molar-refractivity contribution in [2.45, 2.75) is 75.5 Å². The van der Waals surface area contributed by atoms with Crippen LogP contribution in [0.1, 0.15) is 106 Å². The van der Waals surface area contributed by atoms with Gasteiger partial charge in [-0.2, -0.15) is 0 Å². The number of hydrogen-bond donors (Lipinski definition) is 6. The van der Waals surface area contributed by atoms with E-state index in [0.29, 0.717) is 56.4 Å². The van der Waals surface area contributed by atoms with E-state index in [-0.39, 0.29) is 108 Å². The van der Waals surface area contributed by atoms with Gasteiger partial charge in [0.15, 0.2) is 81.2 Å². The molecule has 22 nitrogen and oxygen atoms in total. The molecule has 0 radical (unpaired) electrons. The van der Waals surface area contributed by atoms with Crippen LogP contribution in [0, 0.1) is 0 Å². The van der Waals surface area contributed by atoms with Crippen molar-refractivity contribution in [1.29, 1.82) is 0 Å². The van der Waals surface area contributed by atoms with Crippen molar-refractivity contribution in [2.24, 2.45) is 0 Å². The van der Waals surface area contributed by atoms with Crippen molar-refractivity contribution < 1.29 is 107 Å². The molecule has 22 heteroatoms. The molecule has 0 saturated heterocycles. The van der Waals surface area contributed by atoms with E-state index < -0.39 is 73.6 Å². The first-order valence-corrected chi connectivity index (χ1v) is 32.4. The number of rotatable bonds is 33. The summed E-state index contributed by atoms with van der Waals surface area (Å²) in [5, 5.41) is 69.4. The van der Waals surface area contributed by atoms with Crippen molar-refractivity contribution in [3.05, 3.63) is 213 Å². The molecule has 8 atom stereocenters.